The van der Waals surface area contributed by atoms with E-state index >= 15 is 0 Å². The van der Waals surface area contributed by atoms with Gasteiger partial charge in [-0.1, -0.05) is 115 Å². The molecular weight excluding hydrogens is 496 g/mol. The summed E-state index contributed by atoms with van der Waals surface area (Å²) in [6, 6.07) is 47.0. The number of furan rings is 1. The van der Waals surface area contributed by atoms with Crippen LogP contribution in [0.15, 0.2) is 150 Å². The monoisotopic (exact) mass is 522 g/mol. The third kappa shape index (κ3) is 3.36. The van der Waals surface area contributed by atoms with Gasteiger partial charge in [0.05, 0.1) is 2.74 Å². The number of rotatable bonds is 2. The first kappa shape index (κ1) is 20.5. The van der Waals surface area contributed by atoms with Gasteiger partial charge in [0.2, 0.25) is 0 Å². The summed E-state index contributed by atoms with van der Waals surface area (Å²) in [6.45, 7) is 0. The average Bonchev–Trinajstić information content (AvgIpc) is 3.44. The van der Waals surface area contributed by atoms with Crippen molar-refractivity contribution in [1.82, 2.24) is 0 Å². The van der Waals surface area contributed by atoms with E-state index in [-0.39, 0.29) is 0 Å². The minimum atomic E-state index is 0.321. The molecule has 0 spiro atoms. The van der Waals surface area contributed by atoms with Crippen molar-refractivity contribution in [3.63, 3.8) is 0 Å². The molecule has 0 aliphatic heterocycles. The quantitative estimate of drug-likeness (QED) is 0.206. The molecule has 9 aromatic rings. The Morgan fingerprint density at radius 1 is 0.366 bits per heavy atom. The van der Waals surface area contributed by atoms with Gasteiger partial charge in [-0.05, 0) is 95.6 Å². The van der Waals surface area contributed by atoms with Crippen LogP contribution in [0, 0.1) is 0 Å². The highest BCUT2D eigenvalue weighted by molar-refractivity contribution is 6.22. The molecule has 41 heavy (non-hydrogen) atoms. The first-order chi connectivity index (χ1) is 21.2. The molecule has 0 amide bonds. The van der Waals surface area contributed by atoms with Crippen molar-refractivity contribution in [3.8, 4) is 22.3 Å². The third-order valence-corrected chi connectivity index (χ3v) is 8.37. The van der Waals surface area contributed by atoms with Crippen LogP contribution in [0.3, 0.4) is 0 Å². The van der Waals surface area contributed by atoms with Crippen LogP contribution in [0.25, 0.3) is 87.3 Å². The fourth-order valence-electron chi connectivity index (χ4n) is 6.52. The summed E-state index contributed by atoms with van der Waals surface area (Å²) < 4.78 is 24.8. The molecule has 1 heterocycles. The van der Waals surface area contributed by atoms with Crippen LogP contribution >= 0.6 is 0 Å². The van der Waals surface area contributed by atoms with E-state index in [0.29, 0.717) is 28.6 Å². The Kier molecular flexibility index (Phi) is 4.27. The molecule has 0 fully saturated rings. The van der Waals surface area contributed by atoms with E-state index in [4.69, 9.17) is 5.79 Å². The average molecular weight is 523 g/mol. The molecule has 1 nitrogen and oxygen atoms in total. The van der Waals surface area contributed by atoms with Gasteiger partial charge in [-0.3, -0.25) is 0 Å². The smallest absolute Gasteiger partial charge is 0.136 e. The van der Waals surface area contributed by atoms with E-state index < -0.39 is 0 Å². The van der Waals surface area contributed by atoms with Gasteiger partial charge in [0, 0.05) is 10.8 Å². The van der Waals surface area contributed by atoms with E-state index in [1.165, 1.54) is 32.7 Å². The normalized spacial score (nSPS) is 12.6. The minimum Gasteiger partial charge on any atom is -0.456 e. The Hall–Kier alpha value is -5.40. The van der Waals surface area contributed by atoms with Gasteiger partial charge in [0.1, 0.15) is 11.2 Å². The number of benzene rings is 8. The minimum absolute atomic E-state index is 0.321. The predicted octanol–water partition coefficient (Wildman–Crippen LogP) is 11.5. The van der Waals surface area contributed by atoms with E-state index in [9.17, 15) is 1.37 Å². The molecule has 0 unspecified atom stereocenters. The van der Waals surface area contributed by atoms with Crippen LogP contribution < -0.4 is 0 Å². The molecule has 8 aromatic carbocycles. The molecule has 0 aliphatic carbocycles. The molecule has 0 saturated heterocycles. The lowest BCUT2D eigenvalue weighted by Crippen LogP contribution is -1.90. The van der Waals surface area contributed by atoms with Gasteiger partial charge in [0.15, 0.2) is 0 Å². The molecule has 1 aromatic heterocycles. The fraction of sp³-hybridized carbons (Fsp3) is 0. The van der Waals surface area contributed by atoms with Crippen molar-refractivity contribution in [1.29, 1.82) is 0 Å². The Balaban J connectivity index is 1.38. The summed E-state index contributed by atoms with van der Waals surface area (Å²) in [5, 5.41) is 9.94. The second-order valence-corrected chi connectivity index (χ2v) is 10.7. The maximum absolute atomic E-state index is 9.42. The molecule has 0 atom stereocenters. The van der Waals surface area contributed by atoms with E-state index in [1.54, 1.807) is 0 Å². The summed E-state index contributed by atoms with van der Waals surface area (Å²) in [7, 11) is 0. The largest absolute Gasteiger partial charge is 0.456 e. The maximum Gasteiger partial charge on any atom is 0.136 e. The standard InChI is InChI=1S/C40H24O/c1-2-10-25(11-3-1)39-31-14-6-8-16-33(31)40(34-17-9-7-15-32(34)39)29-19-18-28-24-38-36(22-30(28)20-29)35-21-26-12-4-5-13-27(26)23-37(35)41-38/h1-24H/i22D,24D. The zero-order valence-corrected chi connectivity index (χ0v) is 22.1. The summed E-state index contributed by atoms with van der Waals surface area (Å²) in [5.74, 6) is 0. The molecule has 0 radical (unpaired) electrons. The van der Waals surface area contributed by atoms with Crippen LogP contribution in [0.2, 0.25) is 0 Å². The number of fused-ring (bicyclic) bond motifs is 7. The zero-order chi connectivity index (χ0) is 28.7. The van der Waals surface area contributed by atoms with Gasteiger partial charge < -0.3 is 4.42 Å². The van der Waals surface area contributed by atoms with E-state index in [1.807, 2.05) is 24.3 Å². The van der Waals surface area contributed by atoms with Gasteiger partial charge >= 0.3 is 0 Å². The van der Waals surface area contributed by atoms with Crippen LogP contribution in [0.5, 0.6) is 0 Å². The Bertz CT molecular complexity index is 2520. The topological polar surface area (TPSA) is 13.1 Å². The van der Waals surface area contributed by atoms with Crippen molar-refractivity contribution in [2.45, 2.75) is 0 Å². The number of hydrogen-bond acceptors (Lipinski definition) is 1. The summed E-state index contributed by atoms with van der Waals surface area (Å²) in [5.41, 5.74) is 5.77. The lowest BCUT2D eigenvalue weighted by Gasteiger charge is -2.18. The van der Waals surface area contributed by atoms with Gasteiger partial charge in [-0.15, -0.1) is 0 Å². The predicted molar refractivity (Wildman–Crippen MR) is 175 cm³/mol. The molecule has 9 rings (SSSR count). The molecule has 0 aliphatic rings. The second-order valence-electron chi connectivity index (χ2n) is 10.7. The molecule has 0 N–H and O–H groups in total. The first-order valence-electron chi connectivity index (χ1n) is 14.9. The van der Waals surface area contributed by atoms with E-state index in [2.05, 4.69) is 109 Å². The van der Waals surface area contributed by atoms with Crippen molar-refractivity contribution in [3.05, 3.63) is 146 Å². The van der Waals surface area contributed by atoms with Crippen molar-refractivity contribution in [2.24, 2.45) is 0 Å². The van der Waals surface area contributed by atoms with Crippen LogP contribution in [-0.2, 0) is 0 Å². The molecule has 0 bridgehead atoms. The Morgan fingerprint density at radius 3 is 1.63 bits per heavy atom. The van der Waals surface area contributed by atoms with Crippen molar-refractivity contribution < 1.29 is 7.16 Å². The van der Waals surface area contributed by atoms with E-state index in [0.717, 1.165) is 38.1 Å². The lowest BCUT2D eigenvalue weighted by molar-refractivity contribution is 0.670. The van der Waals surface area contributed by atoms with Gasteiger partial charge in [-0.25, -0.2) is 0 Å². The van der Waals surface area contributed by atoms with Gasteiger partial charge in [-0.2, -0.15) is 0 Å². The molecule has 190 valence electrons. The number of hydrogen-bond donors (Lipinski definition) is 0. The summed E-state index contributed by atoms with van der Waals surface area (Å²) in [6.07, 6.45) is 0. The summed E-state index contributed by atoms with van der Waals surface area (Å²) in [4.78, 5) is 0. The molecule has 0 saturated carbocycles. The molecular formula is C40H24O. The van der Waals surface area contributed by atoms with Crippen LogP contribution in [0.4, 0.5) is 0 Å². The first-order valence-corrected chi connectivity index (χ1v) is 13.9. The van der Waals surface area contributed by atoms with Crippen LogP contribution in [0.1, 0.15) is 2.74 Å². The highest BCUT2D eigenvalue weighted by atomic mass is 16.3. The maximum atomic E-state index is 9.42. The van der Waals surface area contributed by atoms with Crippen molar-refractivity contribution in [2.75, 3.05) is 0 Å². The highest BCUT2D eigenvalue weighted by Gasteiger charge is 2.17. The second kappa shape index (κ2) is 8.55. The zero-order valence-electron chi connectivity index (χ0n) is 24.1. The Labute approximate surface area is 239 Å². The van der Waals surface area contributed by atoms with Crippen LogP contribution in [-0.4, -0.2) is 0 Å². The lowest BCUT2D eigenvalue weighted by atomic mass is 9.85. The SMILES string of the molecule is [2H]c1c2ccc(-c3c4ccccc4c(-c4ccccc4)c4ccccc34)cc2c([2H])c2c1oc1cc3ccccc3cc12. The van der Waals surface area contributed by atoms with Gasteiger partial charge in [0.25, 0.3) is 0 Å². The summed E-state index contributed by atoms with van der Waals surface area (Å²) >= 11 is 0. The van der Waals surface area contributed by atoms with Crippen molar-refractivity contribution >= 4 is 65.0 Å². The third-order valence-electron chi connectivity index (χ3n) is 8.37. The molecule has 1 heteroatoms. The Morgan fingerprint density at radius 2 is 0.951 bits per heavy atom. The highest BCUT2D eigenvalue weighted by Crippen LogP contribution is 2.44. The fourth-order valence-corrected chi connectivity index (χ4v) is 6.52.